The van der Waals surface area contributed by atoms with Crippen molar-refractivity contribution in [1.29, 1.82) is 0 Å². The highest BCUT2D eigenvalue weighted by Gasteiger charge is 2.20. The maximum absolute atomic E-state index is 10.3. The van der Waals surface area contributed by atoms with Gasteiger partial charge >= 0.3 is 7.82 Å². The molecule has 0 aliphatic carbocycles. The third-order valence-electron chi connectivity index (χ3n) is 3.13. The van der Waals surface area contributed by atoms with E-state index in [0.717, 1.165) is 19.3 Å². The fourth-order valence-electron chi connectivity index (χ4n) is 2.05. The second-order valence-electron chi connectivity index (χ2n) is 7.04. The molecule has 0 fully saturated rings. The van der Waals surface area contributed by atoms with Crippen LogP contribution in [0.2, 0.25) is 0 Å². The van der Waals surface area contributed by atoms with Gasteiger partial charge in [-0.2, -0.15) is 0 Å². The Hall–Kier alpha value is -0.0500. The van der Waals surface area contributed by atoms with Gasteiger partial charge in [-0.3, -0.25) is 4.52 Å². The number of aliphatic hydroxyl groups is 3. The molecule has 0 bridgehead atoms. The minimum absolute atomic E-state index is 0.147. The minimum Gasteiger partial charge on any atom is -0.379 e. The van der Waals surface area contributed by atoms with E-state index < -0.39 is 26.5 Å². The van der Waals surface area contributed by atoms with Crippen LogP contribution < -0.4 is 0 Å². The lowest BCUT2D eigenvalue weighted by Crippen LogP contribution is -2.45. The number of phosphoric acid groups is 1. The summed E-state index contributed by atoms with van der Waals surface area (Å²) >= 11 is 0. The second-order valence-corrected chi connectivity index (χ2v) is 8.28. The van der Waals surface area contributed by atoms with Crippen molar-refractivity contribution in [2.75, 3.05) is 6.61 Å². The van der Waals surface area contributed by atoms with Crippen LogP contribution in [0.3, 0.4) is 0 Å². The molecule has 5 N–H and O–H groups in total. The lowest BCUT2D eigenvalue weighted by atomic mass is 9.89. The summed E-state index contributed by atoms with van der Waals surface area (Å²) in [5.41, 5.74) is 0.337. The SMILES string of the molecule is CC(C)(C)CCCCCOP(=O)(O)O.CC(O)N(C(C)O)C(C)O. The molecular formula is C15H36NO7P. The number of hydrogen-bond donors (Lipinski definition) is 5. The summed E-state index contributed by atoms with van der Waals surface area (Å²) in [7, 11) is -4.25. The Labute approximate surface area is 145 Å². The average Bonchev–Trinajstić information content (AvgIpc) is 2.30. The van der Waals surface area contributed by atoms with Crippen LogP contribution in [0.4, 0.5) is 0 Å². The molecule has 8 nitrogen and oxygen atoms in total. The molecule has 0 aromatic heterocycles. The summed E-state index contributed by atoms with van der Waals surface area (Å²) < 4.78 is 14.6. The zero-order chi connectivity index (χ0) is 19.6. The van der Waals surface area contributed by atoms with Gasteiger partial charge in [0.25, 0.3) is 0 Å². The summed E-state index contributed by atoms with van der Waals surface area (Å²) in [6.45, 7) is 11.1. The van der Waals surface area contributed by atoms with Gasteiger partial charge in [-0.1, -0.05) is 33.6 Å². The number of phosphoric ester groups is 1. The molecule has 3 atom stereocenters. The topological polar surface area (TPSA) is 131 Å². The van der Waals surface area contributed by atoms with Crippen LogP contribution in [0.25, 0.3) is 0 Å². The van der Waals surface area contributed by atoms with E-state index in [-0.39, 0.29) is 6.61 Å². The summed E-state index contributed by atoms with van der Waals surface area (Å²) in [5.74, 6) is 0. The minimum atomic E-state index is -4.25. The van der Waals surface area contributed by atoms with Crippen molar-refractivity contribution in [3.8, 4) is 0 Å². The van der Waals surface area contributed by atoms with Gasteiger partial charge in [-0.25, -0.2) is 9.46 Å². The summed E-state index contributed by atoms with van der Waals surface area (Å²) in [6.07, 6.45) is 1.37. The van der Waals surface area contributed by atoms with Crippen molar-refractivity contribution in [3.05, 3.63) is 0 Å². The molecular weight excluding hydrogens is 337 g/mol. The van der Waals surface area contributed by atoms with Gasteiger partial charge in [0.05, 0.1) is 6.61 Å². The molecule has 9 heteroatoms. The maximum Gasteiger partial charge on any atom is 0.469 e. The maximum atomic E-state index is 10.3. The molecule has 0 amide bonds. The van der Waals surface area contributed by atoms with Crippen LogP contribution in [-0.2, 0) is 9.09 Å². The van der Waals surface area contributed by atoms with Crippen molar-refractivity contribution < 1.29 is 34.2 Å². The molecule has 24 heavy (non-hydrogen) atoms. The van der Waals surface area contributed by atoms with Crippen LogP contribution in [-0.4, -0.2) is 55.3 Å². The van der Waals surface area contributed by atoms with E-state index in [4.69, 9.17) is 25.1 Å². The summed E-state index contributed by atoms with van der Waals surface area (Å²) in [5, 5.41) is 26.9. The van der Waals surface area contributed by atoms with Gasteiger partial charge in [0.15, 0.2) is 0 Å². The van der Waals surface area contributed by atoms with E-state index in [9.17, 15) is 4.57 Å². The van der Waals surface area contributed by atoms with Gasteiger partial charge in [0.1, 0.15) is 18.7 Å². The number of unbranched alkanes of at least 4 members (excludes halogenated alkanes) is 2. The smallest absolute Gasteiger partial charge is 0.379 e. The van der Waals surface area contributed by atoms with Gasteiger partial charge in [-0.15, -0.1) is 0 Å². The molecule has 0 radical (unpaired) electrons. The number of hydrogen-bond acceptors (Lipinski definition) is 6. The first kappa shape index (κ1) is 26.2. The molecule has 0 aliphatic heterocycles. The molecule has 0 aromatic carbocycles. The summed E-state index contributed by atoms with van der Waals surface area (Å²) in [6, 6.07) is 0. The van der Waals surface area contributed by atoms with Crippen molar-refractivity contribution in [1.82, 2.24) is 4.90 Å². The Balaban J connectivity index is 0. The van der Waals surface area contributed by atoms with Crippen molar-refractivity contribution >= 4 is 7.82 Å². The number of aliphatic hydroxyl groups excluding tert-OH is 3. The third kappa shape index (κ3) is 18.3. The van der Waals surface area contributed by atoms with Crippen molar-refractivity contribution in [3.63, 3.8) is 0 Å². The first-order valence-electron chi connectivity index (χ1n) is 8.19. The Kier molecular flexibility index (Phi) is 13.4. The van der Waals surface area contributed by atoms with Crippen molar-refractivity contribution in [2.45, 2.75) is 85.9 Å². The second kappa shape index (κ2) is 12.3. The van der Waals surface area contributed by atoms with E-state index in [1.54, 1.807) is 0 Å². The number of rotatable bonds is 9. The molecule has 0 saturated heterocycles. The predicted molar refractivity (Wildman–Crippen MR) is 92.8 cm³/mol. The normalized spacial score (nSPS) is 16.3. The molecule has 0 heterocycles. The summed E-state index contributed by atoms with van der Waals surface area (Å²) in [4.78, 5) is 18.0. The van der Waals surface area contributed by atoms with E-state index in [2.05, 4.69) is 25.3 Å². The lowest BCUT2D eigenvalue weighted by Gasteiger charge is -2.30. The van der Waals surface area contributed by atoms with E-state index in [1.165, 1.54) is 25.7 Å². The monoisotopic (exact) mass is 373 g/mol. The molecule has 0 rings (SSSR count). The van der Waals surface area contributed by atoms with Gasteiger partial charge < -0.3 is 25.1 Å². The largest absolute Gasteiger partial charge is 0.469 e. The quantitative estimate of drug-likeness (QED) is 0.236. The predicted octanol–water partition coefficient (Wildman–Crippen LogP) is 2.01. The Morgan fingerprint density at radius 3 is 1.58 bits per heavy atom. The highest BCUT2D eigenvalue weighted by molar-refractivity contribution is 7.46. The standard InChI is InChI=1S/C9H21O4P.C6H15NO3/c1-9(2,3)7-5-4-6-8-13-14(10,11)12;1-4(8)7(5(2)9)6(3)10/h4-8H2,1-3H3,(H2,10,11,12);4-6,8-10H,1-3H3. The molecule has 0 aliphatic rings. The zero-order valence-corrected chi connectivity index (χ0v) is 16.6. The van der Waals surface area contributed by atoms with Crippen LogP contribution in [0.1, 0.15) is 67.2 Å². The van der Waals surface area contributed by atoms with E-state index in [0.29, 0.717) is 11.8 Å². The first-order valence-corrected chi connectivity index (χ1v) is 9.72. The van der Waals surface area contributed by atoms with Gasteiger partial charge in [0.2, 0.25) is 0 Å². The molecule has 0 aromatic rings. The van der Waals surface area contributed by atoms with Crippen LogP contribution in [0, 0.1) is 5.41 Å². The molecule has 0 saturated carbocycles. The molecule has 3 unspecified atom stereocenters. The van der Waals surface area contributed by atoms with Crippen LogP contribution in [0.5, 0.6) is 0 Å². The zero-order valence-electron chi connectivity index (χ0n) is 15.7. The highest BCUT2D eigenvalue weighted by Crippen LogP contribution is 2.35. The van der Waals surface area contributed by atoms with Gasteiger partial charge in [0, 0.05) is 0 Å². The lowest BCUT2D eigenvalue weighted by molar-refractivity contribution is -0.159. The fourth-order valence-corrected chi connectivity index (χ4v) is 2.42. The van der Waals surface area contributed by atoms with Crippen LogP contribution in [0.15, 0.2) is 0 Å². The average molecular weight is 373 g/mol. The van der Waals surface area contributed by atoms with E-state index >= 15 is 0 Å². The number of nitrogens with zero attached hydrogens (tertiary/aromatic N) is 1. The van der Waals surface area contributed by atoms with Crippen LogP contribution >= 0.6 is 7.82 Å². The first-order chi connectivity index (χ1) is 10.7. The van der Waals surface area contributed by atoms with Crippen molar-refractivity contribution in [2.24, 2.45) is 5.41 Å². The molecule has 148 valence electrons. The Morgan fingerprint density at radius 1 is 0.917 bits per heavy atom. The van der Waals surface area contributed by atoms with Gasteiger partial charge in [-0.05, 0) is 39.0 Å². The Bertz CT molecular complexity index is 331. The van der Waals surface area contributed by atoms with E-state index in [1.807, 2.05) is 0 Å². The highest BCUT2D eigenvalue weighted by atomic mass is 31.2. The third-order valence-corrected chi connectivity index (χ3v) is 3.64. The molecule has 0 spiro atoms. The fraction of sp³-hybridized carbons (Fsp3) is 1.00. The Morgan fingerprint density at radius 2 is 1.33 bits per heavy atom.